The van der Waals surface area contributed by atoms with Gasteiger partial charge in [-0.15, -0.1) is 0 Å². The maximum Gasteiger partial charge on any atom is 0.217 e. The zero-order valence-corrected chi connectivity index (χ0v) is 21.1. The smallest absolute Gasteiger partial charge is 0.217 e. The van der Waals surface area contributed by atoms with Crippen molar-refractivity contribution in [2.75, 3.05) is 0 Å². The van der Waals surface area contributed by atoms with Crippen LogP contribution in [0.2, 0.25) is 0 Å². The van der Waals surface area contributed by atoms with Gasteiger partial charge < -0.3 is 8.98 Å². The van der Waals surface area contributed by atoms with Gasteiger partial charge in [0.1, 0.15) is 18.1 Å². The maximum absolute atomic E-state index is 6.68. The zero-order chi connectivity index (χ0) is 25.4. The fourth-order valence-corrected chi connectivity index (χ4v) is 5.98. The Morgan fingerprint density at radius 2 is 1.47 bits per heavy atom. The van der Waals surface area contributed by atoms with Crippen LogP contribution in [0.3, 0.4) is 0 Å². The SMILES string of the molecule is Cc1ccc2c(oc3c4ccccc4cnc23)c1-c1cc2c3ccccc3n(-c3ccccc3)c2c[n+]1C. The lowest BCUT2D eigenvalue weighted by atomic mass is 10.00. The highest BCUT2D eigenvalue weighted by Crippen LogP contribution is 2.40. The van der Waals surface area contributed by atoms with Crippen molar-refractivity contribution in [1.29, 1.82) is 0 Å². The Bertz CT molecular complexity index is 2200. The highest BCUT2D eigenvalue weighted by molar-refractivity contribution is 6.16. The van der Waals surface area contributed by atoms with Crippen LogP contribution in [-0.4, -0.2) is 9.55 Å². The lowest BCUT2D eigenvalue weighted by Gasteiger charge is -2.08. The van der Waals surface area contributed by atoms with E-state index in [0.29, 0.717) is 0 Å². The van der Waals surface area contributed by atoms with Crippen LogP contribution >= 0.6 is 0 Å². The molecule has 4 aromatic carbocycles. The van der Waals surface area contributed by atoms with E-state index in [0.717, 1.165) is 49.8 Å². The molecule has 4 heterocycles. The summed E-state index contributed by atoms with van der Waals surface area (Å²) in [5.74, 6) is 0. The summed E-state index contributed by atoms with van der Waals surface area (Å²) in [6, 6.07) is 34.1. The molecule has 0 fully saturated rings. The third-order valence-corrected chi connectivity index (χ3v) is 7.78. The van der Waals surface area contributed by atoms with E-state index in [1.807, 2.05) is 12.3 Å². The summed E-state index contributed by atoms with van der Waals surface area (Å²) in [5, 5.41) is 5.66. The molecule has 0 amide bonds. The third-order valence-electron chi connectivity index (χ3n) is 7.78. The van der Waals surface area contributed by atoms with Crippen molar-refractivity contribution in [1.82, 2.24) is 9.55 Å². The standard InChI is InChI=1S/C34H24N3O/c1-21-16-17-26-32-34(24-13-7-6-10-22(24)19-35-32)38-33(26)31(21)29-18-27-25-14-8-9-15-28(25)37(30(27)20-36(29)2)23-11-4-3-5-12-23/h3-20H,1-2H3/q+1. The normalized spacial score (nSPS) is 11.9. The number of aromatic nitrogens is 3. The molecule has 8 aromatic rings. The van der Waals surface area contributed by atoms with Crippen molar-refractivity contribution in [3.63, 3.8) is 0 Å². The first-order chi connectivity index (χ1) is 18.7. The van der Waals surface area contributed by atoms with Crippen LogP contribution in [0.1, 0.15) is 5.56 Å². The van der Waals surface area contributed by atoms with Gasteiger partial charge in [0.25, 0.3) is 0 Å². The van der Waals surface area contributed by atoms with E-state index in [-0.39, 0.29) is 0 Å². The molecule has 0 spiro atoms. The van der Waals surface area contributed by atoms with Crippen LogP contribution in [0.15, 0.2) is 114 Å². The fraction of sp³-hybridized carbons (Fsp3) is 0.0588. The molecule has 0 radical (unpaired) electrons. The van der Waals surface area contributed by atoms with E-state index < -0.39 is 0 Å². The molecular weight excluding hydrogens is 466 g/mol. The third kappa shape index (κ3) is 2.86. The Labute approximate surface area is 219 Å². The minimum Gasteiger partial charge on any atom is -0.453 e. The zero-order valence-electron chi connectivity index (χ0n) is 21.1. The fourth-order valence-electron chi connectivity index (χ4n) is 5.98. The summed E-state index contributed by atoms with van der Waals surface area (Å²) >= 11 is 0. The van der Waals surface area contributed by atoms with Crippen LogP contribution in [-0.2, 0) is 7.05 Å². The van der Waals surface area contributed by atoms with Crippen LogP contribution in [0.5, 0.6) is 0 Å². The molecule has 0 saturated heterocycles. The van der Waals surface area contributed by atoms with Gasteiger partial charge in [-0.25, -0.2) is 0 Å². The Kier molecular flexibility index (Phi) is 4.32. The summed E-state index contributed by atoms with van der Waals surface area (Å²) in [4.78, 5) is 4.81. The number of rotatable bonds is 2. The van der Waals surface area contributed by atoms with E-state index in [4.69, 9.17) is 9.40 Å². The van der Waals surface area contributed by atoms with Gasteiger partial charge in [-0.2, -0.15) is 4.57 Å². The molecule has 4 nitrogen and oxygen atoms in total. The van der Waals surface area contributed by atoms with Gasteiger partial charge in [0.15, 0.2) is 17.4 Å². The van der Waals surface area contributed by atoms with E-state index in [9.17, 15) is 0 Å². The number of hydrogen-bond acceptors (Lipinski definition) is 2. The summed E-state index contributed by atoms with van der Waals surface area (Å²) in [6.07, 6.45) is 4.18. The number of furan rings is 1. The molecule has 8 rings (SSSR count). The van der Waals surface area contributed by atoms with Gasteiger partial charge in [-0.1, -0.05) is 66.7 Å². The van der Waals surface area contributed by atoms with Gasteiger partial charge >= 0.3 is 0 Å². The number of para-hydroxylation sites is 2. The van der Waals surface area contributed by atoms with Crippen molar-refractivity contribution in [3.05, 3.63) is 115 Å². The molecule has 0 bridgehead atoms. The van der Waals surface area contributed by atoms with E-state index in [2.05, 4.69) is 120 Å². The molecule has 0 aliphatic carbocycles. The molecule has 0 aliphatic rings. The number of aryl methyl sites for hydroxylation is 2. The van der Waals surface area contributed by atoms with Crippen molar-refractivity contribution in [2.24, 2.45) is 7.05 Å². The minimum absolute atomic E-state index is 0.842. The van der Waals surface area contributed by atoms with Crippen molar-refractivity contribution in [2.45, 2.75) is 6.92 Å². The number of fused-ring (bicyclic) bond motifs is 8. The first-order valence-electron chi connectivity index (χ1n) is 12.9. The molecule has 0 aliphatic heterocycles. The molecule has 0 atom stereocenters. The lowest BCUT2D eigenvalue weighted by molar-refractivity contribution is -0.659. The first-order valence-corrected chi connectivity index (χ1v) is 12.9. The monoisotopic (exact) mass is 490 g/mol. The number of benzene rings is 4. The maximum atomic E-state index is 6.68. The molecule has 0 N–H and O–H groups in total. The topological polar surface area (TPSA) is 34.8 Å². The Morgan fingerprint density at radius 1 is 0.711 bits per heavy atom. The summed E-state index contributed by atoms with van der Waals surface area (Å²) < 4.78 is 11.2. The first kappa shape index (κ1) is 21.2. The number of pyridine rings is 2. The van der Waals surface area contributed by atoms with Crippen molar-refractivity contribution in [3.8, 4) is 16.9 Å². The minimum atomic E-state index is 0.842. The second kappa shape index (κ2) is 7.77. The van der Waals surface area contributed by atoms with Gasteiger partial charge in [0, 0.05) is 44.9 Å². The molecular formula is C34H24N3O+. The predicted octanol–water partition coefficient (Wildman–Crippen LogP) is 8.03. The van der Waals surface area contributed by atoms with Crippen LogP contribution in [0.4, 0.5) is 0 Å². The van der Waals surface area contributed by atoms with Gasteiger partial charge in [-0.05, 0) is 36.8 Å². The summed E-state index contributed by atoms with van der Waals surface area (Å²) in [5.41, 5.74) is 9.53. The van der Waals surface area contributed by atoms with Gasteiger partial charge in [-0.3, -0.25) is 4.98 Å². The van der Waals surface area contributed by atoms with E-state index in [1.54, 1.807) is 0 Å². The highest BCUT2D eigenvalue weighted by atomic mass is 16.3. The largest absolute Gasteiger partial charge is 0.453 e. The van der Waals surface area contributed by atoms with Gasteiger partial charge in [0.05, 0.1) is 11.1 Å². The molecule has 0 saturated carbocycles. The predicted molar refractivity (Wildman–Crippen MR) is 155 cm³/mol. The van der Waals surface area contributed by atoms with E-state index >= 15 is 0 Å². The highest BCUT2D eigenvalue weighted by Gasteiger charge is 2.25. The Morgan fingerprint density at radius 3 is 2.34 bits per heavy atom. The Hall–Kier alpha value is -4.96. The summed E-state index contributed by atoms with van der Waals surface area (Å²) in [7, 11) is 2.12. The van der Waals surface area contributed by atoms with Gasteiger partial charge in [0.2, 0.25) is 5.69 Å². The molecule has 0 unspecified atom stereocenters. The second-order valence-electron chi connectivity index (χ2n) is 10.0. The average molecular weight is 491 g/mol. The molecule has 180 valence electrons. The second-order valence-corrected chi connectivity index (χ2v) is 10.0. The van der Waals surface area contributed by atoms with Crippen molar-refractivity contribution < 1.29 is 8.98 Å². The quantitative estimate of drug-likeness (QED) is 0.230. The number of nitrogens with zero attached hydrogens (tertiary/aromatic N) is 3. The average Bonchev–Trinajstić information content (AvgIpc) is 3.49. The van der Waals surface area contributed by atoms with Crippen LogP contribution in [0, 0.1) is 6.92 Å². The van der Waals surface area contributed by atoms with Crippen LogP contribution < -0.4 is 4.57 Å². The molecule has 38 heavy (non-hydrogen) atoms. The Balaban J connectivity index is 1.48. The van der Waals surface area contributed by atoms with Crippen LogP contribution in [0.25, 0.3) is 71.6 Å². The van der Waals surface area contributed by atoms with E-state index in [1.165, 1.54) is 27.4 Å². The van der Waals surface area contributed by atoms with Crippen molar-refractivity contribution >= 4 is 54.6 Å². The lowest BCUT2D eigenvalue weighted by Crippen LogP contribution is -2.31. The summed E-state index contributed by atoms with van der Waals surface area (Å²) in [6.45, 7) is 2.16. The molecule has 4 heteroatoms. The molecule has 4 aromatic heterocycles. The number of hydrogen-bond donors (Lipinski definition) is 0.